The van der Waals surface area contributed by atoms with Gasteiger partial charge in [-0.2, -0.15) is 0 Å². The molecule has 0 atom stereocenters. The number of halogens is 2. The lowest BCUT2D eigenvalue weighted by Crippen LogP contribution is -2.36. The van der Waals surface area contributed by atoms with E-state index in [0.717, 1.165) is 42.0 Å². The summed E-state index contributed by atoms with van der Waals surface area (Å²) in [4.78, 5) is 22.7. The number of benzene rings is 2. The number of morpholine rings is 1. The summed E-state index contributed by atoms with van der Waals surface area (Å²) in [5, 5.41) is 3.20. The van der Waals surface area contributed by atoms with Crippen molar-refractivity contribution in [3.8, 4) is 11.1 Å². The number of hydrogen-bond acceptors (Lipinski definition) is 6. The third-order valence-electron chi connectivity index (χ3n) is 6.39. The molecule has 1 aliphatic rings. The maximum atomic E-state index is 15.1. The zero-order valence-corrected chi connectivity index (χ0v) is 21.9. The first-order chi connectivity index (χ1) is 18.8. The highest BCUT2D eigenvalue weighted by atomic mass is 32.2. The van der Waals surface area contributed by atoms with Gasteiger partial charge in [-0.25, -0.2) is 22.2 Å². The summed E-state index contributed by atoms with van der Waals surface area (Å²) in [7, 11) is -3.85. The van der Waals surface area contributed by atoms with Crippen LogP contribution in [0.5, 0.6) is 0 Å². The van der Waals surface area contributed by atoms with Gasteiger partial charge in [0.2, 0.25) is 10.0 Å². The fourth-order valence-electron chi connectivity index (χ4n) is 4.60. The van der Waals surface area contributed by atoms with Crippen LogP contribution >= 0.6 is 0 Å². The Morgan fingerprint density at radius 2 is 1.90 bits per heavy atom. The van der Waals surface area contributed by atoms with Crippen molar-refractivity contribution in [3.63, 3.8) is 0 Å². The number of pyridine rings is 1. The van der Waals surface area contributed by atoms with Gasteiger partial charge in [0.1, 0.15) is 17.0 Å². The van der Waals surface area contributed by atoms with Gasteiger partial charge in [0.25, 0.3) is 5.91 Å². The molecule has 5 rings (SSSR count). The molecule has 0 radical (unpaired) electrons. The predicted molar refractivity (Wildman–Crippen MR) is 147 cm³/mol. The molecular formula is C27H27F2N5O4S. The van der Waals surface area contributed by atoms with E-state index in [4.69, 9.17) is 4.74 Å². The Labute approximate surface area is 224 Å². The van der Waals surface area contributed by atoms with Crippen molar-refractivity contribution < 1.29 is 26.7 Å². The summed E-state index contributed by atoms with van der Waals surface area (Å²) < 4.78 is 61.4. The number of aromatic nitrogens is 2. The monoisotopic (exact) mass is 555 g/mol. The number of H-pyrrole nitrogens is 1. The number of carbonyl (C=O) groups is 1. The highest BCUT2D eigenvalue weighted by molar-refractivity contribution is 7.92. The molecule has 204 valence electrons. The van der Waals surface area contributed by atoms with E-state index in [2.05, 4.69) is 24.9 Å². The first kappa shape index (κ1) is 26.6. The number of nitrogens with one attached hydrogen (secondary N) is 3. The Bertz CT molecular complexity index is 1630. The normalized spacial score (nSPS) is 14.0. The molecule has 0 aliphatic carbocycles. The Morgan fingerprint density at radius 1 is 1.13 bits per heavy atom. The summed E-state index contributed by atoms with van der Waals surface area (Å²) >= 11 is 0. The SMILES string of the molecule is CCCS(=O)(=O)Nc1ccc(F)c(C(=O)Nc2cnc3[nH]cc(-c4ccccc4N4CCOCC4)c3c2)c1F. The van der Waals surface area contributed by atoms with Gasteiger partial charge in [0, 0.05) is 41.5 Å². The largest absolute Gasteiger partial charge is 0.378 e. The minimum Gasteiger partial charge on any atom is -0.378 e. The number of amides is 1. The molecule has 0 spiro atoms. The lowest BCUT2D eigenvalue weighted by Gasteiger charge is -2.30. The topological polar surface area (TPSA) is 116 Å². The van der Waals surface area contributed by atoms with E-state index < -0.39 is 38.8 Å². The number of nitrogens with zero attached hydrogens (tertiary/aromatic N) is 2. The van der Waals surface area contributed by atoms with E-state index in [0.29, 0.717) is 30.7 Å². The molecule has 12 heteroatoms. The van der Waals surface area contributed by atoms with Crippen LogP contribution in [-0.4, -0.2) is 56.3 Å². The quantitative estimate of drug-likeness (QED) is 0.289. The second-order valence-electron chi connectivity index (χ2n) is 9.10. The molecule has 0 saturated carbocycles. The van der Waals surface area contributed by atoms with Gasteiger partial charge in [-0.15, -0.1) is 0 Å². The Balaban J connectivity index is 1.46. The van der Waals surface area contributed by atoms with Crippen molar-refractivity contribution in [2.75, 3.05) is 47.0 Å². The zero-order chi connectivity index (χ0) is 27.6. The number of hydrogen-bond donors (Lipinski definition) is 3. The Morgan fingerprint density at radius 3 is 2.67 bits per heavy atom. The summed E-state index contributed by atoms with van der Waals surface area (Å²) in [6.07, 6.45) is 3.50. The van der Waals surface area contributed by atoms with E-state index in [1.54, 1.807) is 13.0 Å². The molecule has 9 nitrogen and oxygen atoms in total. The molecule has 4 aromatic rings. The average Bonchev–Trinajstić information content (AvgIpc) is 3.34. The number of carbonyl (C=O) groups excluding carboxylic acids is 1. The van der Waals surface area contributed by atoms with Crippen molar-refractivity contribution in [2.45, 2.75) is 13.3 Å². The maximum Gasteiger partial charge on any atom is 0.261 e. The van der Waals surface area contributed by atoms with Gasteiger partial charge in [-0.1, -0.05) is 25.1 Å². The first-order valence-corrected chi connectivity index (χ1v) is 14.1. The highest BCUT2D eigenvalue weighted by Crippen LogP contribution is 2.36. The fraction of sp³-hybridized carbons (Fsp3) is 0.259. The van der Waals surface area contributed by atoms with Crippen molar-refractivity contribution in [2.24, 2.45) is 0 Å². The molecule has 0 unspecified atom stereocenters. The van der Waals surface area contributed by atoms with E-state index in [9.17, 15) is 17.6 Å². The summed E-state index contributed by atoms with van der Waals surface area (Å²) in [6.45, 7) is 4.43. The second-order valence-corrected chi connectivity index (χ2v) is 10.9. The molecule has 1 amide bonds. The molecule has 1 saturated heterocycles. The number of aromatic amines is 1. The van der Waals surface area contributed by atoms with Gasteiger partial charge in [0.15, 0.2) is 5.82 Å². The molecule has 3 heterocycles. The van der Waals surface area contributed by atoms with Crippen LogP contribution in [0.3, 0.4) is 0 Å². The zero-order valence-electron chi connectivity index (χ0n) is 21.1. The van der Waals surface area contributed by atoms with E-state index in [1.165, 1.54) is 6.20 Å². The first-order valence-electron chi connectivity index (χ1n) is 12.5. The van der Waals surface area contributed by atoms with Crippen molar-refractivity contribution >= 4 is 44.0 Å². The van der Waals surface area contributed by atoms with Crippen LogP contribution < -0.4 is 14.9 Å². The molecule has 1 aliphatic heterocycles. The van der Waals surface area contributed by atoms with Crippen LogP contribution in [0.2, 0.25) is 0 Å². The van der Waals surface area contributed by atoms with Crippen molar-refractivity contribution in [1.82, 2.24) is 9.97 Å². The van der Waals surface area contributed by atoms with E-state index >= 15 is 4.39 Å². The van der Waals surface area contributed by atoms with Gasteiger partial charge < -0.3 is 19.9 Å². The molecule has 3 N–H and O–H groups in total. The van der Waals surface area contributed by atoms with Crippen LogP contribution in [0.1, 0.15) is 23.7 Å². The maximum absolute atomic E-state index is 15.1. The fourth-order valence-corrected chi connectivity index (χ4v) is 5.73. The van der Waals surface area contributed by atoms with Gasteiger partial charge >= 0.3 is 0 Å². The number of ether oxygens (including phenoxy) is 1. The molecule has 39 heavy (non-hydrogen) atoms. The second kappa shape index (κ2) is 11.0. The minimum atomic E-state index is -3.85. The summed E-state index contributed by atoms with van der Waals surface area (Å²) in [5.74, 6) is -3.75. The van der Waals surface area contributed by atoms with E-state index in [-0.39, 0.29) is 11.4 Å². The van der Waals surface area contributed by atoms with Crippen molar-refractivity contribution in [1.29, 1.82) is 0 Å². The smallest absolute Gasteiger partial charge is 0.261 e. The van der Waals surface area contributed by atoms with Crippen LogP contribution in [0.4, 0.5) is 25.8 Å². The van der Waals surface area contributed by atoms with Crippen LogP contribution in [0, 0.1) is 11.6 Å². The molecule has 0 bridgehead atoms. The Hall–Kier alpha value is -4.03. The predicted octanol–water partition coefficient (Wildman–Crippen LogP) is 4.75. The standard InChI is InChI=1S/C27H27F2N5O4S/c1-2-13-39(36,37)33-22-8-7-21(28)24(25(22)29)27(35)32-17-14-19-20(16-31-26(19)30-15-17)18-5-3-4-6-23(18)34-9-11-38-12-10-34/h3-8,14-16,33H,2,9-13H2,1H3,(H,30,31)(H,32,35). The van der Waals surface area contributed by atoms with Gasteiger partial charge in [-0.3, -0.25) is 9.52 Å². The molecule has 2 aromatic heterocycles. The number of rotatable bonds is 8. The molecule has 1 fully saturated rings. The number of sulfonamides is 1. The number of fused-ring (bicyclic) bond motifs is 1. The third-order valence-corrected chi connectivity index (χ3v) is 7.87. The average molecular weight is 556 g/mol. The summed E-state index contributed by atoms with van der Waals surface area (Å²) in [6, 6.07) is 11.4. The number of para-hydroxylation sites is 1. The molecular weight excluding hydrogens is 528 g/mol. The van der Waals surface area contributed by atoms with Crippen molar-refractivity contribution in [3.05, 3.63) is 72.1 Å². The van der Waals surface area contributed by atoms with Crippen LogP contribution in [0.25, 0.3) is 22.2 Å². The Kier molecular flexibility index (Phi) is 7.49. The highest BCUT2D eigenvalue weighted by Gasteiger charge is 2.24. The lowest BCUT2D eigenvalue weighted by molar-refractivity contribution is 0.101. The number of anilines is 3. The van der Waals surface area contributed by atoms with Gasteiger partial charge in [0.05, 0.1) is 36.5 Å². The van der Waals surface area contributed by atoms with Crippen LogP contribution in [-0.2, 0) is 14.8 Å². The lowest BCUT2D eigenvalue weighted by atomic mass is 10.0. The minimum absolute atomic E-state index is 0.216. The van der Waals surface area contributed by atoms with Gasteiger partial charge in [-0.05, 0) is 30.7 Å². The van der Waals surface area contributed by atoms with Crippen LogP contribution in [0.15, 0.2) is 54.9 Å². The summed E-state index contributed by atoms with van der Waals surface area (Å²) in [5.41, 5.74) is 2.22. The molecule has 2 aromatic carbocycles. The third kappa shape index (κ3) is 5.57. The van der Waals surface area contributed by atoms with E-state index in [1.807, 2.05) is 30.5 Å².